The van der Waals surface area contributed by atoms with Gasteiger partial charge in [0.1, 0.15) is 12.4 Å². The number of nitrogens with one attached hydrogen (secondary N) is 1. The van der Waals surface area contributed by atoms with Crippen molar-refractivity contribution in [2.75, 3.05) is 26.9 Å². The molecule has 1 aliphatic heterocycles. The standard InChI is InChI=1S/C14H17ClF3NO2/c1-19-12(7-20-8-14(16,17)18)6-10-5-11(15)4-9-2-3-21-13(9)10/h4-5,12,19H,2-3,6-8H2,1H3. The average Bonchev–Trinajstić information content (AvgIpc) is 2.84. The van der Waals surface area contributed by atoms with Gasteiger partial charge >= 0.3 is 6.18 Å². The Morgan fingerprint density at radius 2 is 2.19 bits per heavy atom. The fourth-order valence-electron chi connectivity index (χ4n) is 2.32. The molecule has 0 fully saturated rings. The van der Waals surface area contributed by atoms with Crippen LogP contribution in [0.4, 0.5) is 13.2 Å². The van der Waals surface area contributed by atoms with Crippen LogP contribution in [0, 0.1) is 0 Å². The number of hydrogen-bond acceptors (Lipinski definition) is 3. The number of fused-ring (bicyclic) bond motifs is 1. The van der Waals surface area contributed by atoms with Crippen LogP contribution in [0.5, 0.6) is 5.75 Å². The Balaban J connectivity index is 1.99. The Bertz CT molecular complexity index is 494. The van der Waals surface area contributed by atoms with Crippen LogP contribution >= 0.6 is 11.6 Å². The summed E-state index contributed by atoms with van der Waals surface area (Å²) in [7, 11) is 1.69. The quantitative estimate of drug-likeness (QED) is 0.873. The Hall–Kier alpha value is -0.980. The summed E-state index contributed by atoms with van der Waals surface area (Å²) < 4.78 is 46.6. The van der Waals surface area contributed by atoms with Crippen molar-refractivity contribution in [3.05, 3.63) is 28.3 Å². The van der Waals surface area contributed by atoms with E-state index in [0.717, 1.165) is 23.3 Å². The lowest BCUT2D eigenvalue weighted by atomic mass is 10.0. The van der Waals surface area contributed by atoms with E-state index in [2.05, 4.69) is 5.32 Å². The van der Waals surface area contributed by atoms with Gasteiger partial charge in [-0.3, -0.25) is 0 Å². The Morgan fingerprint density at radius 3 is 2.86 bits per heavy atom. The molecule has 1 atom stereocenters. The molecule has 0 amide bonds. The summed E-state index contributed by atoms with van der Waals surface area (Å²) in [5, 5.41) is 3.57. The second-order valence-electron chi connectivity index (χ2n) is 4.97. The minimum absolute atomic E-state index is 0.0305. The van der Waals surface area contributed by atoms with Gasteiger partial charge in [-0.15, -0.1) is 0 Å². The number of alkyl halides is 3. The van der Waals surface area contributed by atoms with Gasteiger partial charge in [0.15, 0.2) is 0 Å². The molecule has 21 heavy (non-hydrogen) atoms. The van der Waals surface area contributed by atoms with Crippen molar-refractivity contribution in [3.8, 4) is 5.75 Å². The van der Waals surface area contributed by atoms with Gasteiger partial charge in [-0.25, -0.2) is 0 Å². The van der Waals surface area contributed by atoms with Crippen LogP contribution in [0.3, 0.4) is 0 Å². The third-order valence-electron chi connectivity index (χ3n) is 3.28. The number of hydrogen-bond donors (Lipinski definition) is 1. The normalized spacial score (nSPS) is 15.7. The van der Waals surface area contributed by atoms with Gasteiger partial charge in [-0.1, -0.05) is 11.6 Å². The van der Waals surface area contributed by atoms with E-state index in [1.165, 1.54) is 0 Å². The lowest BCUT2D eigenvalue weighted by molar-refractivity contribution is -0.175. The first-order valence-corrected chi connectivity index (χ1v) is 7.02. The topological polar surface area (TPSA) is 30.5 Å². The highest BCUT2D eigenvalue weighted by molar-refractivity contribution is 6.30. The van der Waals surface area contributed by atoms with Crippen LogP contribution in [0.2, 0.25) is 5.02 Å². The zero-order valence-corrected chi connectivity index (χ0v) is 12.4. The molecule has 0 radical (unpaired) electrons. The van der Waals surface area contributed by atoms with E-state index in [0.29, 0.717) is 18.1 Å². The highest BCUT2D eigenvalue weighted by Crippen LogP contribution is 2.33. The molecule has 1 aromatic carbocycles. The summed E-state index contributed by atoms with van der Waals surface area (Å²) in [4.78, 5) is 0. The van der Waals surface area contributed by atoms with Crippen LogP contribution in [-0.4, -0.2) is 39.1 Å². The summed E-state index contributed by atoms with van der Waals surface area (Å²) in [6.07, 6.45) is -3.01. The van der Waals surface area contributed by atoms with E-state index in [-0.39, 0.29) is 12.6 Å². The highest BCUT2D eigenvalue weighted by Gasteiger charge is 2.28. The molecule has 1 heterocycles. The van der Waals surface area contributed by atoms with Crippen molar-refractivity contribution in [2.45, 2.75) is 25.1 Å². The second kappa shape index (κ2) is 6.85. The number of halogens is 4. The lowest BCUT2D eigenvalue weighted by Crippen LogP contribution is -2.34. The molecule has 7 heteroatoms. The molecule has 1 unspecified atom stereocenters. The summed E-state index contributed by atoms with van der Waals surface area (Å²) in [6, 6.07) is 3.42. The maximum Gasteiger partial charge on any atom is 0.411 e. The third kappa shape index (κ3) is 4.76. The number of likely N-dealkylation sites (N-methyl/N-ethyl adjacent to an activating group) is 1. The summed E-state index contributed by atoms with van der Waals surface area (Å²) in [6.45, 7) is -0.663. The molecule has 0 aromatic heterocycles. The van der Waals surface area contributed by atoms with E-state index in [4.69, 9.17) is 21.1 Å². The van der Waals surface area contributed by atoms with Crippen molar-refractivity contribution >= 4 is 11.6 Å². The molecule has 3 nitrogen and oxygen atoms in total. The van der Waals surface area contributed by atoms with Gasteiger partial charge in [-0.2, -0.15) is 13.2 Å². The van der Waals surface area contributed by atoms with Crippen LogP contribution in [0.1, 0.15) is 11.1 Å². The van der Waals surface area contributed by atoms with Crippen LogP contribution in [0.25, 0.3) is 0 Å². The van der Waals surface area contributed by atoms with E-state index in [9.17, 15) is 13.2 Å². The van der Waals surface area contributed by atoms with E-state index < -0.39 is 12.8 Å². The number of rotatable bonds is 6. The molecule has 0 saturated heterocycles. The minimum Gasteiger partial charge on any atom is -0.493 e. The van der Waals surface area contributed by atoms with Gasteiger partial charge in [-0.05, 0) is 36.7 Å². The predicted octanol–water partition coefficient (Wildman–Crippen LogP) is 2.98. The highest BCUT2D eigenvalue weighted by atomic mass is 35.5. The maximum absolute atomic E-state index is 12.1. The lowest BCUT2D eigenvalue weighted by Gasteiger charge is -2.19. The molecule has 0 spiro atoms. The molecule has 1 aromatic rings. The monoisotopic (exact) mass is 323 g/mol. The van der Waals surface area contributed by atoms with Crippen molar-refractivity contribution < 1.29 is 22.6 Å². The summed E-state index contributed by atoms with van der Waals surface area (Å²) in [5.74, 6) is 0.801. The fraction of sp³-hybridized carbons (Fsp3) is 0.571. The van der Waals surface area contributed by atoms with Crippen molar-refractivity contribution in [1.82, 2.24) is 5.32 Å². The Morgan fingerprint density at radius 1 is 1.43 bits per heavy atom. The largest absolute Gasteiger partial charge is 0.493 e. The fourth-order valence-corrected chi connectivity index (χ4v) is 2.59. The summed E-state index contributed by atoms with van der Waals surface area (Å²) in [5.41, 5.74) is 1.94. The van der Waals surface area contributed by atoms with Gasteiger partial charge in [0.2, 0.25) is 0 Å². The zero-order chi connectivity index (χ0) is 15.5. The van der Waals surface area contributed by atoms with Crippen LogP contribution in [0.15, 0.2) is 12.1 Å². The van der Waals surface area contributed by atoms with Gasteiger partial charge in [0.25, 0.3) is 0 Å². The van der Waals surface area contributed by atoms with Gasteiger partial charge < -0.3 is 14.8 Å². The van der Waals surface area contributed by atoms with Gasteiger partial charge in [0, 0.05) is 17.5 Å². The number of benzene rings is 1. The van der Waals surface area contributed by atoms with Crippen molar-refractivity contribution in [1.29, 1.82) is 0 Å². The van der Waals surface area contributed by atoms with Crippen molar-refractivity contribution in [3.63, 3.8) is 0 Å². The molecule has 1 N–H and O–H groups in total. The maximum atomic E-state index is 12.1. The molecular weight excluding hydrogens is 307 g/mol. The van der Waals surface area contributed by atoms with E-state index in [1.807, 2.05) is 6.07 Å². The molecule has 2 rings (SSSR count). The SMILES string of the molecule is CNC(COCC(F)(F)F)Cc1cc(Cl)cc2c1OCC2. The third-order valence-corrected chi connectivity index (χ3v) is 3.50. The predicted molar refractivity (Wildman–Crippen MR) is 74.1 cm³/mol. The van der Waals surface area contributed by atoms with E-state index >= 15 is 0 Å². The molecule has 1 aliphatic rings. The summed E-state index contributed by atoms with van der Waals surface area (Å²) >= 11 is 6.06. The Labute approximate surface area is 126 Å². The Kier molecular flexibility index (Phi) is 5.35. The molecule has 0 bridgehead atoms. The van der Waals surface area contributed by atoms with Crippen LogP contribution in [-0.2, 0) is 17.6 Å². The molecule has 0 saturated carbocycles. The molecule has 118 valence electrons. The first-order valence-electron chi connectivity index (χ1n) is 6.65. The average molecular weight is 324 g/mol. The minimum atomic E-state index is -4.31. The first kappa shape index (κ1) is 16.4. The first-order chi connectivity index (χ1) is 9.89. The molecular formula is C14H17ClF3NO2. The zero-order valence-electron chi connectivity index (χ0n) is 11.6. The number of ether oxygens (including phenoxy) is 2. The van der Waals surface area contributed by atoms with Crippen LogP contribution < -0.4 is 10.1 Å². The van der Waals surface area contributed by atoms with Gasteiger partial charge in [0.05, 0.1) is 13.2 Å². The van der Waals surface area contributed by atoms with Crippen molar-refractivity contribution in [2.24, 2.45) is 0 Å². The smallest absolute Gasteiger partial charge is 0.411 e. The second-order valence-corrected chi connectivity index (χ2v) is 5.41. The molecule has 0 aliphatic carbocycles. The van der Waals surface area contributed by atoms with E-state index in [1.54, 1.807) is 13.1 Å².